The number of carbonyl (C=O) groups excluding carboxylic acids is 3. The first-order valence-corrected chi connectivity index (χ1v) is 14.2. The molecule has 220 valence electrons. The van der Waals surface area contributed by atoms with E-state index in [-0.39, 0.29) is 37.0 Å². The van der Waals surface area contributed by atoms with Gasteiger partial charge in [0, 0.05) is 56.4 Å². The van der Waals surface area contributed by atoms with Crippen LogP contribution < -0.4 is 20.1 Å². The van der Waals surface area contributed by atoms with Crippen molar-refractivity contribution in [2.75, 3.05) is 19.7 Å². The number of aromatic nitrogens is 3. The molecule has 43 heavy (non-hydrogen) atoms. The van der Waals surface area contributed by atoms with E-state index in [2.05, 4.69) is 20.6 Å². The lowest BCUT2D eigenvalue weighted by Crippen LogP contribution is -2.58. The first-order chi connectivity index (χ1) is 20.9. The number of likely N-dealkylation sites (tertiary alicyclic amines) is 1. The van der Waals surface area contributed by atoms with Gasteiger partial charge in [-0.3, -0.25) is 19.4 Å². The lowest BCUT2D eigenvalue weighted by Gasteiger charge is -2.39. The van der Waals surface area contributed by atoms with Crippen molar-refractivity contribution >= 4 is 17.7 Å². The van der Waals surface area contributed by atoms with Crippen LogP contribution in [0.4, 0.5) is 0 Å². The first-order valence-electron chi connectivity index (χ1n) is 14.2. The van der Waals surface area contributed by atoms with Crippen LogP contribution in [0, 0.1) is 6.92 Å². The molecule has 4 aromatic rings. The zero-order valence-corrected chi connectivity index (χ0v) is 23.7. The molecule has 6 bridgehead atoms. The maximum atomic E-state index is 13.6. The lowest BCUT2D eigenvalue weighted by molar-refractivity contribution is -0.134. The highest BCUT2D eigenvalue weighted by molar-refractivity contribution is 5.95. The molecule has 2 N–H and O–H groups in total. The summed E-state index contributed by atoms with van der Waals surface area (Å²) in [5, 5.41) is 5.99. The fraction of sp³-hybridized carbons (Fsp3) is 0.281. The number of rotatable bonds is 2. The molecule has 11 nitrogen and oxygen atoms in total. The summed E-state index contributed by atoms with van der Waals surface area (Å²) >= 11 is 0. The number of hydrogen-bond acceptors (Lipinski definition) is 7. The highest BCUT2D eigenvalue weighted by Gasteiger charge is 2.34. The highest BCUT2D eigenvalue weighted by atomic mass is 16.5. The molecule has 3 amide bonds. The number of nitrogens with zero attached hydrogens (tertiary/aromatic N) is 4. The van der Waals surface area contributed by atoms with Crippen LogP contribution in [0.1, 0.15) is 28.2 Å². The summed E-state index contributed by atoms with van der Waals surface area (Å²) in [6.07, 6.45) is 6.79. The summed E-state index contributed by atoms with van der Waals surface area (Å²) in [5.74, 6) is 1.30. The Hall–Kier alpha value is -5.19. The van der Waals surface area contributed by atoms with Crippen molar-refractivity contribution in [2.24, 2.45) is 0 Å². The van der Waals surface area contributed by atoms with Crippen LogP contribution in [0.25, 0.3) is 11.1 Å². The van der Waals surface area contributed by atoms with E-state index in [1.54, 1.807) is 46.3 Å². The molecule has 3 aliphatic heterocycles. The standard InChI is InChI=1S/C32H32N6O5/c1-21-34-10-12-37(21)19-31(40)38-11-9-29-28(18-38)36-32(41)25-13-24(16-33-17-25)23-3-2-4-27(14-23)42-20-30(39)35-15-22-5-7-26(43-29)8-6-22/h2-8,10,12-14,16-17,28-29H,9,11,15,18-20H2,1H3,(H,35,39)(H,36,41)/t28-,29+/m1/s1. The number of hydrogen-bond donors (Lipinski definition) is 2. The number of pyridine rings is 1. The van der Waals surface area contributed by atoms with Gasteiger partial charge >= 0.3 is 0 Å². The molecule has 11 heteroatoms. The van der Waals surface area contributed by atoms with E-state index in [1.165, 1.54) is 6.20 Å². The predicted octanol–water partition coefficient (Wildman–Crippen LogP) is 2.74. The predicted molar refractivity (Wildman–Crippen MR) is 157 cm³/mol. The van der Waals surface area contributed by atoms with Crippen molar-refractivity contribution in [1.29, 1.82) is 0 Å². The largest absolute Gasteiger partial charge is 0.488 e. The van der Waals surface area contributed by atoms with Gasteiger partial charge in [-0.05, 0) is 48.4 Å². The summed E-state index contributed by atoms with van der Waals surface area (Å²) < 4.78 is 13.9. The van der Waals surface area contributed by atoms with E-state index >= 15 is 0 Å². The molecule has 2 aromatic carbocycles. The van der Waals surface area contributed by atoms with E-state index < -0.39 is 6.04 Å². The molecule has 2 aromatic heterocycles. The van der Waals surface area contributed by atoms with Gasteiger partial charge in [-0.1, -0.05) is 24.3 Å². The quantitative estimate of drug-likeness (QED) is 0.373. The average Bonchev–Trinajstić information content (AvgIpc) is 3.43. The zero-order valence-electron chi connectivity index (χ0n) is 23.7. The molecule has 1 saturated heterocycles. The topological polar surface area (TPSA) is 128 Å². The fourth-order valence-electron chi connectivity index (χ4n) is 5.25. The third-order valence-electron chi connectivity index (χ3n) is 7.69. The number of benzene rings is 2. The Balaban J connectivity index is 1.28. The minimum absolute atomic E-state index is 0.0580. The molecule has 5 heterocycles. The van der Waals surface area contributed by atoms with Gasteiger partial charge in [-0.2, -0.15) is 0 Å². The Bertz CT molecular complexity index is 1640. The summed E-state index contributed by atoms with van der Waals surface area (Å²) in [6.45, 7) is 3.02. The number of carbonyl (C=O) groups is 3. The van der Waals surface area contributed by atoms with E-state index in [9.17, 15) is 14.4 Å². The Morgan fingerprint density at radius 3 is 2.67 bits per heavy atom. The molecule has 0 saturated carbocycles. The molecule has 2 atom stereocenters. The number of amides is 3. The van der Waals surface area contributed by atoms with Crippen LogP contribution in [0.3, 0.4) is 0 Å². The molecule has 0 unspecified atom stereocenters. The van der Waals surface area contributed by atoms with Gasteiger partial charge in [-0.15, -0.1) is 0 Å². The van der Waals surface area contributed by atoms with Gasteiger partial charge in [0.05, 0.1) is 11.6 Å². The van der Waals surface area contributed by atoms with Gasteiger partial charge in [0.1, 0.15) is 30.0 Å². The minimum Gasteiger partial charge on any atom is -0.488 e. The number of fused-ring (bicyclic) bond motifs is 7. The second-order valence-electron chi connectivity index (χ2n) is 10.7. The second-order valence-corrected chi connectivity index (χ2v) is 10.7. The smallest absolute Gasteiger partial charge is 0.258 e. The van der Waals surface area contributed by atoms with Crippen molar-refractivity contribution in [3.05, 3.63) is 96.3 Å². The molecule has 0 spiro atoms. The maximum absolute atomic E-state index is 13.6. The van der Waals surface area contributed by atoms with Crippen LogP contribution in [0.15, 0.2) is 79.4 Å². The molecule has 3 aliphatic rings. The van der Waals surface area contributed by atoms with Crippen molar-refractivity contribution < 1.29 is 23.9 Å². The van der Waals surface area contributed by atoms with Crippen LogP contribution >= 0.6 is 0 Å². The fourth-order valence-corrected chi connectivity index (χ4v) is 5.25. The van der Waals surface area contributed by atoms with Crippen LogP contribution in [0.5, 0.6) is 11.5 Å². The van der Waals surface area contributed by atoms with Crippen molar-refractivity contribution in [3.63, 3.8) is 0 Å². The molecule has 0 aliphatic carbocycles. The second kappa shape index (κ2) is 12.4. The van der Waals surface area contributed by atoms with Crippen LogP contribution in [-0.2, 0) is 22.7 Å². The van der Waals surface area contributed by atoms with E-state index in [4.69, 9.17) is 9.47 Å². The average molecular weight is 581 g/mol. The maximum Gasteiger partial charge on any atom is 0.258 e. The number of aryl methyl sites for hydroxylation is 1. The number of imidazole rings is 1. The monoisotopic (exact) mass is 580 g/mol. The SMILES string of the molecule is Cc1nccn1CC(=O)N1CC[C@@H]2Oc3ccc(cc3)CNC(=O)COc3cccc(c3)-c3cncc(c3)C(=O)N[C@@H]2C1. The molecule has 0 radical (unpaired) electrons. The van der Waals surface area contributed by atoms with E-state index in [0.29, 0.717) is 43.1 Å². The number of piperidine rings is 1. The Labute approximate surface area is 248 Å². The molecular weight excluding hydrogens is 548 g/mol. The lowest BCUT2D eigenvalue weighted by atomic mass is 10.0. The molecule has 1 fully saturated rings. The van der Waals surface area contributed by atoms with Gasteiger partial charge < -0.3 is 29.6 Å². The first kappa shape index (κ1) is 28.0. The van der Waals surface area contributed by atoms with E-state index in [0.717, 1.165) is 22.5 Å². The third-order valence-corrected chi connectivity index (χ3v) is 7.69. The van der Waals surface area contributed by atoms with Gasteiger partial charge in [-0.25, -0.2) is 4.98 Å². The number of ether oxygens (including phenoxy) is 2. The van der Waals surface area contributed by atoms with Crippen molar-refractivity contribution in [3.8, 4) is 22.6 Å². The van der Waals surface area contributed by atoms with Crippen molar-refractivity contribution in [1.82, 2.24) is 30.1 Å². The van der Waals surface area contributed by atoms with Gasteiger partial charge in [0.2, 0.25) is 5.91 Å². The molecular formula is C32H32N6O5. The minimum atomic E-state index is -0.473. The summed E-state index contributed by atoms with van der Waals surface area (Å²) in [6, 6.07) is 16.0. The Morgan fingerprint density at radius 1 is 1.02 bits per heavy atom. The van der Waals surface area contributed by atoms with Gasteiger partial charge in [0.25, 0.3) is 11.8 Å². The van der Waals surface area contributed by atoms with Crippen LogP contribution in [0.2, 0.25) is 0 Å². The normalized spacial score (nSPS) is 18.9. The highest BCUT2D eigenvalue weighted by Crippen LogP contribution is 2.25. The van der Waals surface area contributed by atoms with Gasteiger partial charge in [0.15, 0.2) is 6.61 Å². The summed E-state index contributed by atoms with van der Waals surface area (Å²) in [7, 11) is 0. The number of nitrogens with one attached hydrogen (secondary N) is 2. The van der Waals surface area contributed by atoms with Crippen molar-refractivity contribution in [2.45, 2.75) is 38.6 Å². The van der Waals surface area contributed by atoms with Crippen LogP contribution in [-0.4, -0.2) is 69.0 Å². The Morgan fingerprint density at radius 2 is 1.86 bits per heavy atom. The summed E-state index contributed by atoms with van der Waals surface area (Å²) in [5.41, 5.74) is 2.79. The zero-order chi connectivity index (χ0) is 29.8. The van der Waals surface area contributed by atoms with E-state index in [1.807, 2.05) is 43.3 Å². The Kier molecular flexibility index (Phi) is 8.03. The summed E-state index contributed by atoms with van der Waals surface area (Å²) in [4.78, 5) is 49.5. The third kappa shape index (κ3) is 6.66. The molecule has 7 rings (SSSR count).